The molecule has 2 aromatic carbocycles. The summed E-state index contributed by atoms with van der Waals surface area (Å²) in [5.41, 5.74) is 5.04. The second-order valence-electron chi connectivity index (χ2n) is 10.3. The summed E-state index contributed by atoms with van der Waals surface area (Å²) in [5.74, 6) is 1.10. The topological polar surface area (TPSA) is 93.6 Å². The van der Waals surface area contributed by atoms with Gasteiger partial charge in [0.05, 0.1) is 36.0 Å². The number of rotatable bonds is 5. The number of nitrogens with zero attached hydrogens (tertiary/aromatic N) is 4. The van der Waals surface area contributed by atoms with Gasteiger partial charge in [0.2, 0.25) is 5.91 Å². The lowest BCUT2D eigenvalue weighted by molar-refractivity contribution is -0.117. The average molecular weight is 519 g/mol. The fourth-order valence-corrected chi connectivity index (χ4v) is 6.16. The van der Waals surface area contributed by atoms with Crippen molar-refractivity contribution in [2.24, 2.45) is 0 Å². The average Bonchev–Trinajstić information content (AvgIpc) is 3.58. The van der Waals surface area contributed by atoms with Crippen LogP contribution in [0.15, 0.2) is 40.9 Å². The maximum absolute atomic E-state index is 14.7. The lowest BCUT2D eigenvalue weighted by Crippen LogP contribution is -2.31. The van der Waals surface area contributed by atoms with E-state index in [1.807, 2.05) is 19.9 Å². The molecule has 2 fully saturated rings. The first-order valence-corrected chi connectivity index (χ1v) is 13.1. The first-order chi connectivity index (χ1) is 18.4. The van der Waals surface area contributed by atoms with E-state index >= 15 is 0 Å². The normalized spacial score (nSPS) is 22.0. The van der Waals surface area contributed by atoms with Crippen molar-refractivity contribution >= 4 is 22.6 Å². The number of hydrogen-bond donors (Lipinski definition) is 1. The van der Waals surface area contributed by atoms with Crippen LogP contribution in [0.25, 0.3) is 22.2 Å². The zero-order valence-corrected chi connectivity index (χ0v) is 21.8. The van der Waals surface area contributed by atoms with Crippen molar-refractivity contribution in [2.75, 3.05) is 12.0 Å². The number of halogens is 1. The second kappa shape index (κ2) is 9.54. The van der Waals surface area contributed by atoms with E-state index in [4.69, 9.17) is 14.2 Å². The number of aryl methyl sites for hydroxylation is 2. The van der Waals surface area contributed by atoms with E-state index in [1.54, 1.807) is 17.0 Å². The predicted octanol–water partition coefficient (Wildman–Crippen LogP) is 5.80. The number of amides is 1. The van der Waals surface area contributed by atoms with Crippen LogP contribution in [0, 0.1) is 19.7 Å². The molecule has 4 aromatic rings. The Bertz CT molecular complexity index is 1500. The fraction of sp³-hybridized carbons (Fsp3) is 0.414. The number of fused-ring (bicyclic) bond motifs is 1. The van der Waals surface area contributed by atoms with Crippen molar-refractivity contribution in [1.29, 1.82) is 0 Å². The largest absolute Gasteiger partial charge is 0.494 e. The highest BCUT2D eigenvalue weighted by molar-refractivity contribution is 5.96. The molecule has 1 aliphatic carbocycles. The van der Waals surface area contributed by atoms with Crippen molar-refractivity contribution in [1.82, 2.24) is 14.7 Å². The van der Waals surface area contributed by atoms with Gasteiger partial charge in [-0.1, -0.05) is 11.2 Å². The standard InChI is InChI=1S/C29H31FN4O4/c1-16-28(17(2)38-32-16)18-4-10-24-23(14-18)31-29(34(24)19-5-8-21(35)9-6-19)25-11-13-27(36)33(25)20-7-12-26(37-3)22(30)15-20/h4,7,10,12,14-15,19,21,25,35H,5-6,8-9,11,13H2,1-3H3/t19-,21-,25-/m0/s1. The third kappa shape index (κ3) is 4.05. The molecule has 1 aliphatic heterocycles. The summed E-state index contributed by atoms with van der Waals surface area (Å²) < 4.78 is 27.4. The zero-order chi connectivity index (χ0) is 26.6. The van der Waals surface area contributed by atoms with E-state index < -0.39 is 5.82 Å². The van der Waals surface area contributed by atoms with Crippen LogP contribution in [0.5, 0.6) is 5.75 Å². The maximum atomic E-state index is 14.7. The Morgan fingerprint density at radius 1 is 1.08 bits per heavy atom. The molecule has 1 saturated carbocycles. The van der Waals surface area contributed by atoms with Crippen LogP contribution >= 0.6 is 0 Å². The molecule has 9 heteroatoms. The quantitative estimate of drug-likeness (QED) is 0.359. The van der Waals surface area contributed by atoms with Crippen molar-refractivity contribution in [3.05, 3.63) is 59.5 Å². The molecular weight excluding hydrogens is 487 g/mol. The molecule has 2 aromatic heterocycles. The van der Waals surface area contributed by atoms with Crippen LogP contribution in [0.4, 0.5) is 10.1 Å². The van der Waals surface area contributed by atoms with Crippen LogP contribution < -0.4 is 9.64 Å². The number of carbonyl (C=O) groups excluding carboxylic acids is 1. The molecule has 0 spiro atoms. The van der Waals surface area contributed by atoms with Crippen LogP contribution in [-0.2, 0) is 4.79 Å². The summed E-state index contributed by atoms with van der Waals surface area (Å²) >= 11 is 0. The van der Waals surface area contributed by atoms with E-state index in [9.17, 15) is 14.3 Å². The van der Waals surface area contributed by atoms with E-state index in [2.05, 4.69) is 21.9 Å². The highest BCUT2D eigenvalue weighted by atomic mass is 19.1. The smallest absolute Gasteiger partial charge is 0.227 e. The van der Waals surface area contributed by atoms with Gasteiger partial charge in [-0.05, 0) is 75.8 Å². The van der Waals surface area contributed by atoms with Gasteiger partial charge >= 0.3 is 0 Å². The molecule has 6 rings (SSSR count). The Labute approximate surface area is 220 Å². The zero-order valence-electron chi connectivity index (χ0n) is 21.8. The Morgan fingerprint density at radius 2 is 1.87 bits per heavy atom. The number of methoxy groups -OCH3 is 1. The number of aliphatic hydroxyl groups is 1. The van der Waals surface area contributed by atoms with Crippen molar-refractivity contribution in [2.45, 2.75) is 70.6 Å². The molecule has 198 valence electrons. The number of aromatic nitrogens is 3. The lowest BCUT2D eigenvalue weighted by atomic mass is 9.92. The molecule has 1 N–H and O–H groups in total. The van der Waals surface area contributed by atoms with Crippen LogP contribution in [0.1, 0.15) is 67.9 Å². The molecule has 1 saturated heterocycles. The Kier molecular flexibility index (Phi) is 6.18. The number of benzene rings is 2. The number of anilines is 1. The molecule has 0 radical (unpaired) electrons. The SMILES string of the molecule is COc1ccc(N2C(=O)CC[C@H]2c2nc3cc(-c4c(C)noc4C)ccc3n2[C@H]2CC[C@H](O)CC2)cc1F. The van der Waals surface area contributed by atoms with Gasteiger partial charge in [0.1, 0.15) is 11.6 Å². The predicted molar refractivity (Wildman–Crippen MR) is 141 cm³/mol. The minimum atomic E-state index is -0.512. The number of imidazole rings is 1. The summed E-state index contributed by atoms with van der Waals surface area (Å²) in [5, 5.41) is 14.3. The third-order valence-electron chi connectivity index (χ3n) is 7.99. The fourth-order valence-electron chi connectivity index (χ4n) is 6.16. The van der Waals surface area contributed by atoms with Gasteiger partial charge in [0, 0.05) is 29.8 Å². The molecule has 1 atom stereocenters. The Morgan fingerprint density at radius 3 is 2.55 bits per heavy atom. The first-order valence-electron chi connectivity index (χ1n) is 13.1. The molecular formula is C29H31FN4O4. The van der Waals surface area contributed by atoms with Crippen LogP contribution in [0.2, 0.25) is 0 Å². The monoisotopic (exact) mass is 518 g/mol. The van der Waals surface area contributed by atoms with E-state index in [-0.39, 0.29) is 29.8 Å². The maximum Gasteiger partial charge on any atom is 0.227 e. The minimum Gasteiger partial charge on any atom is -0.494 e. The summed E-state index contributed by atoms with van der Waals surface area (Å²) in [4.78, 5) is 19.9. The van der Waals surface area contributed by atoms with Crippen LogP contribution in [-0.4, -0.2) is 38.9 Å². The second-order valence-corrected chi connectivity index (χ2v) is 10.3. The lowest BCUT2D eigenvalue weighted by Gasteiger charge is -2.31. The van der Waals surface area contributed by atoms with E-state index in [0.717, 1.165) is 65.1 Å². The minimum absolute atomic E-state index is 0.0614. The van der Waals surface area contributed by atoms with E-state index in [0.29, 0.717) is 18.5 Å². The highest BCUT2D eigenvalue weighted by Gasteiger charge is 2.38. The molecule has 8 nitrogen and oxygen atoms in total. The number of aliphatic hydroxyl groups excluding tert-OH is 1. The first kappa shape index (κ1) is 24.6. The van der Waals surface area contributed by atoms with E-state index in [1.165, 1.54) is 13.2 Å². The van der Waals surface area contributed by atoms with Crippen molar-refractivity contribution < 1.29 is 23.6 Å². The van der Waals surface area contributed by atoms with Gasteiger partial charge in [0.15, 0.2) is 11.6 Å². The molecule has 0 unspecified atom stereocenters. The van der Waals surface area contributed by atoms with Crippen LogP contribution in [0.3, 0.4) is 0 Å². The molecule has 1 amide bonds. The van der Waals surface area contributed by atoms with Gasteiger partial charge in [-0.2, -0.15) is 0 Å². The third-order valence-corrected chi connectivity index (χ3v) is 7.99. The van der Waals surface area contributed by atoms with Gasteiger partial charge in [-0.25, -0.2) is 9.37 Å². The molecule has 2 aliphatic rings. The number of carbonyl (C=O) groups is 1. The number of ether oxygens (including phenoxy) is 1. The molecule has 3 heterocycles. The Hall–Kier alpha value is -3.72. The summed E-state index contributed by atoms with van der Waals surface area (Å²) in [6.45, 7) is 3.82. The summed E-state index contributed by atoms with van der Waals surface area (Å²) in [7, 11) is 1.42. The summed E-state index contributed by atoms with van der Waals surface area (Å²) in [6.07, 6.45) is 3.74. The summed E-state index contributed by atoms with van der Waals surface area (Å²) in [6, 6.07) is 10.6. The van der Waals surface area contributed by atoms with Gasteiger partial charge in [0.25, 0.3) is 0 Å². The Balaban J connectivity index is 1.49. The number of hydrogen-bond acceptors (Lipinski definition) is 6. The molecule has 38 heavy (non-hydrogen) atoms. The highest BCUT2D eigenvalue weighted by Crippen LogP contribution is 2.42. The van der Waals surface area contributed by atoms with Gasteiger partial charge in [-0.15, -0.1) is 0 Å². The van der Waals surface area contributed by atoms with Crippen molar-refractivity contribution in [3.8, 4) is 16.9 Å². The molecule has 0 bridgehead atoms. The van der Waals surface area contributed by atoms with Crippen molar-refractivity contribution in [3.63, 3.8) is 0 Å². The van der Waals surface area contributed by atoms with Gasteiger partial charge < -0.3 is 23.8 Å². The van der Waals surface area contributed by atoms with Gasteiger partial charge in [-0.3, -0.25) is 4.79 Å².